The zero-order chi connectivity index (χ0) is 8.97. The smallest absolute Gasteiger partial charge is 0.258 e. The van der Waals surface area contributed by atoms with E-state index in [9.17, 15) is 10.1 Å². The van der Waals surface area contributed by atoms with Crippen LogP contribution < -0.4 is 0 Å². The lowest BCUT2D eigenvalue weighted by Gasteiger charge is -1.94. The van der Waals surface area contributed by atoms with Crippen LogP contribution in [-0.4, -0.2) is 9.91 Å². The summed E-state index contributed by atoms with van der Waals surface area (Å²) in [5, 5.41) is 18.7. The van der Waals surface area contributed by atoms with E-state index in [1.807, 2.05) is 6.07 Å². The fourth-order valence-electron chi connectivity index (χ4n) is 0.807. The van der Waals surface area contributed by atoms with E-state index in [1.54, 1.807) is 0 Å². The van der Waals surface area contributed by atoms with Crippen molar-refractivity contribution in [3.8, 4) is 6.07 Å². The monoisotopic (exact) mass is 163 g/mol. The van der Waals surface area contributed by atoms with Crippen LogP contribution in [0.3, 0.4) is 0 Å². The first-order valence-corrected chi connectivity index (χ1v) is 3.21. The van der Waals surface area contributed by atoms with Crippen molar-refractivity contribution in [3.63, 3.8) is 0 Å². The average molecular weight is 163 g/mol. The number of hydrogen-bond acceptors (Lipinski definition) is 4. The van der Waals surface area contributed by atoms with E-state index < -0.39 is 4.92 Å². The van der Waals surface area contributed by atoms with Gasteiger partial charge in [0, 0.05) is 12.3 Å². The van der Waals surface area contributed by atoms with Crippen LogP contribution in [-0.2, 0) is 6.42 Å². The number of nitrogens with zero attached hydrogens (tertiary/aromatic N) is 3. The molecule has 0 unspecified atom stereocenters. The minimum atomic E-state index is -0.542. The molecule has 0 saturated carbocycles. The van der Waals surface area contributed by atoms with Gasteiger partial charge in [0.15, 0.2) is 0 Å². The highest BCUT2D eigenvalue weighted by molar-refractivity contribution is 5.35. The van der Waals surface area contributed by atoms with E-state index in [0.717, 1.165) is 0 Å². The molecule has 0 aliphatic heterocycles. The van der Waals surface area contributed by atoms with Gasteiger partial charge in [0.05, 0.1) is 17.4 Å². The van der Waals surface area contributed by atoms with Gasteiger partial charge < -0.3 is 0 Å². The summed E-state index contributed by atoms with van der Waals surface area (Å²) < 4.78 is 0. The van der Waals surface area contributed by atoms with Crippen molar-refractivity contribution in [1.82, 2.24) is 4.98 Å². The average Bonchev–Trinajstić information content (AvgIpc) is 2.05. The quantitative estimate of drug-likeness (QED) is 0.482. The molecule has 12 heavy (non-hydrogen) atoms. The second-order valence-electron chi connectivity index (χ2n) is 2.06. The summed E-state index contributed by atoms with van der Waals surface area (Å²) >= 11 is 0. The maximum Gasteiger partial charge on any atom is 0.291 e. The molecule has 0 N–H and O–H groups in total. The maximum atomic E-state index is 10.4. The normalized spacial score (nSPS) is 8.92. The Morgan fingerprint density at radius 2 is 2.50 bits per heavy atom. The van der Waals surface area contributed by atoms with Crippen molar-refractivity contribution in [2.45, 2.75) is 6.42 Å². The van der Waals surface area contributed by atoms with Crippen LogP contribution in [0.4, 0.5) is 5.69 Å². The molecule has 60 valence electrons. The Balaban J connectivity index is 3.10. The third kappa shape index (κ3) is 1.55. The Bertz CT molecular complexity index is 343. The van der Waals surface area contributed by atoms with E-state index in [2.05, 4.69) is 4.98 Å². The third-order valence-electron chi connectivity index (χ3n) is 1.31. The van der Waals surface area contributed by atoms with Crippen molar-refractivity contribution >= 4 is 5.69 Å². The summed E-state index contributed by atoms with van der Waals surface area (Å²) in [4.78, 5) is 13.5. The van der Waals surface area contributed by atoms with Crippen molar-refractivity contribution in [1.29, 1.82) is 5.26 Å². The topological polar surface area (TPSA) is 79.8 Å². The molecule has 0 aromatic carbocycles. The number of aromatic nitrogens is 1. The lowest BCUT2D eigenvalue weighted by molar-refractivity contribution is -0.385. The lowest BCUT2D eigenvalue weighted by atomic mass is 10.2. The summed E-state index contributed by atoms with van der Waals surface area (Å²) in [6.45, 7) is 0. The molecule has 1 rings (SSSR count). The largest absolute Gasteiger partial charge is 0.291 e. The minimum Gasteiger partial charge on any atom is -0.258 e. The van der Waals surface area contributed by atoms with E-state index in [-0.39, 0.29) is 17.8 Å². The van der Waals surface area contributed by atoms with E-state index in [4.69, 9.17) is 5.26 Å². The molecule has 0 atom stereocenters. The van der Waals surface area contributed by atoms with Gasteiger partial charge >= 0.3 is 0 Å². The molecule has 0 saturated heterocycles. The standard InChI is InChI=1S/C7H5N3O2/c8-4-3-6-7(10(11)12)2-1-5-9-6/h1-2,5H,3H2. The molecule has 0 spiro atoms. The fraction of sp³-hybridized carbons (Fsp3) is 0.143. The molecule has 0 radical (unpaired) electrons. The molecule has 1 heterocycles. The first-order chi connectivity index (χ1) is 5.75. The third-order valence-corrected chi connectivity index (χ3v) is 1.31. The molecular formula is C7H5N3O2. The Kier molecular flexibility index (Phi) is 2.33. The van der Waals surface area contributed by atoms with Gasteiger partial charge in [0.2, 0.25) is 0 Å². The molecular weight excluding hydrogens is 158 g/mol. The second-order valence-corrected chi connectivity index (χ2v) is 2.06. The molecule has 0 amide bonds. The van der Waals surface area contributed by atoms with Crippen LogP contribution in [0, 0.1) is 21.4 Å². The molecule has 5 heteroatoms. The van der Waals surface area contributed by atoms with E-state index in [0.29, 0.717) is 0 Å². The van der Waals surface area contributed by atoms with Gasteiger partial charge in [0.1, 0.15) is 5.69 Å². The maximum absolute atomic E-state index is 10.4. The predicted molar refractivity (Wildman–Crippen MR) is 40.2 cm³/mol. The highest BCUT2D eigenvalue weighted by Gasteiger charge is 2.12. The molecule has 1 aromatic heterocycles. The summed E-state index contributed by atoms with van der Waals surface area (Å²) in [6, 6.07) is 4.62. The number of hydrogen-bond donors (Lipinski definition) is 0. The SMILES string of the molecule is N#CCc1ncccc1[N+](=O)[O-]. The van der Waals surface area contributed by atoms with Gasteiger partial charge in [-0.3, -0.25) is 15.1 Å². The first-order valence-electron chi connectivity index (χ1n) is 3.21. The van der Waals surface area contributed by atoms with Gasteiger partial charge in [0.25, 0.3) is 5.69 Å². The molecule has 0 fully saturated rings. The van der Waals surface area contributed by atoms with E-state index >= 15 is 0 Å². The van der Waals surface area contributed by atoms with Crippen molar-refractivity contribution < 1.29 is 4.92 Å². The summed E-state index contributed by atoms with van der Waals surface area (Å²) in [5.74, 6) is 0. The van der Waals surface area contributed by atoms with Gasteiger partial charge in [-0.25, -0.2) is 0 Å². The molecule has 5 nitrogen and oxygen atoms in total. The first kappa shape index (κ1) is 8.14. The highest BCUT2D eigenvalue weighted by Crippen LogP contribution is 2.14. The molecule has 0 aliphatic rings. The van der Waals surface area contributed by atoms with Gasteiger partial charge in [-0.2, -0.15) is 5.26 Å². The number of nitro groups is 1. The van der Waals surface area contributed by atoms with Crippen molar-refractivity contribution in [3.05, 3.63) is 34.1 Å². The second kappa shape index (κ2) is 3.44. The Hall–Kier alpha value is -1.96. The van der Waals surface area contributed by atoms with Crippen molar-refractivity contribution in [2.75, 3.05) is 0 Å². The van der Waals surface area contributed by atoms with Crippen LogP contribution in [0.25, 0.3) is 0 Å². The van der Waals surface area contributed by atoms with Gasteiger partial charge in [-0.1, -0.05) is 0 Å². The summed E-state index contributed by atoms with van der Waals surface area (Å²) in [5.41, 5.74) is 0.115. The number of rotatable bonds is 2. The van der Waals surface area contributed by atoms with Crippen LogP contribution >= 0.6 is 0 Å². The number of pyridine rings is 1. The highest BCUT2D eigenvalue weighted by atomic mass is 16.6. The Morgan fingerprint density at radius 1 is 1.75 bits per heavy atom. The van der Waals surface area contributed by atoms with E-state index in [1.165, 1.54) is 18.3 Å². The van der Waals surface area contributed by atoms with Crippen molar-refractivity contribution in [2.24, 2.45) is 0 Å². The van der Waals surface area contributed by atoms with Crippen LogP contribution in [0.1, 0.15) is 5.69 Å². The van der Waals surface area contributed by atoms with Gasteiger partial charge in [-0.15, -0.1) is 0 Å². The summed E-state index contributed by atoms with van der Waals surface area (Å²) in [6.07, 6.45) is 1.40. The fourth-order valence-corrected chi connectivity index (χ4v) is 0.807. The molecule has 0 aliphatic carbocycles. The molecule has 0 bridgehead atoms. The molecule has 1 aromatic rings. The zero-order valence-electron chi connectivity index (χ0n) is 6.10. The Morgan fingerprint density at radius 3 is 3.08 bits per heavy atom. The summed E-state index contributed by atoms with van der Waals surface area (Å²) in [7, 11) is 0. The van der Waals surface area contributed by atoms with Crippen LogP contribution in [0.2, 0.25) is 0 Å². The minimum absolute atomic E-state index is 0.0306. The lowest BCUT2D eigenvalue weighted by Crippen LogP contribution is -1.96. The van der Waals surface area contributed by atoms with Crippen LogP contribution in [0.5, 0.6) is 0 Å². The predicted octanol–water partition coefficient (Wildman–Crippen LogP) is 1.06. The van der Waals surface area contributed by atoms with Gasteiger partial charge in [-0.05, 0) is 6.07 Å². The van der Waals surface area contributed by atoms with Crippen LogP contribution in [0.15, 0.2) is 18.3 Å². The zero-order valence-corrected chi connectivity index (χ0v) is 6.10. The Labute approximate surface area is 68.4 Å². The number of nitriles is 1.